The van der Waals surface area contributed by atoms with Crippen molar-refractivity contribution in [2.24, 2.45) is 5.92 Å². The fourth-order valence-corrected chi connectivity index (χ4v) is 3.34. The molecule has 2 atom stereocenters. The molecule has 1 aromatic carbocycles. The number of nitrogens with two attached hydrogens (primary N) is 1. The number of anilines is 2. The molecule has 0 bridgehead atoms. The molecule has 0 radical (unpaired) electrons. The maximum atomic E-state index is 14.4. The van der Waals surface area contributed by atoms with Gasteiger partial charge in [-0.25, -0.2) is 22.5 Å². The number of carbonyl (C=O) groups is 2. The first-order valence-electron chi connectivity index (χ1n) is 9.16. The van der Waals surface area contributed by atoms with Crippen molar-refractivity contribution in [2.45, 2.75) is 32.2 Å². The number of amides is 2. The van der Waals surface area contributed by atoms with Crippen molar-refractivity contribution in [2.75, 3.05) is 17.6 Å². The Morgan fingerprint density at radius 3 is 2.57 bits per heavy atom. The van der Waals surface area contributed by atoms with E-state index in [-0.39, 0.29) is 17.1 Å². The zero-order chi connectivity index (χ0) is 22.2. The lowest BCUT2D eigenvalue weighted by atomic mass is 9.86. The number of aryl methyl sites for hydroxylation is 1. The van der Waals surface area contributed by atoms with Gasteiger partial charge in [-0.1, -0.05) is 13.0 Å². The molecule has 1 saturated heterocycles. The lowest BCUT2D eigenvalue weighted by molar-refractivity contribution is -0.159. The minimum absolute atomic E-state index is 0.0216. The van der Waals surface area contributed by atoms with Crippen LogP contribution in [0.1, 0.15) is 30.5 Å². The number of halogens is 4. The number of carbonyl (C=O) groups excluding carboxylic acids is 2. The Kier molecular flexibility index (Phi) is 5.69. The van der Waals surface area contributed by atoms with Gasteiger partial charge in [0, 0.05) is 18.9 Å². The summed E-state index contributed by atoms with van der Waals surface area (Å²) in [5, 5.41) is 2.37. The van der Waals surface area contributed by atoms with Gasteiger partial charge in [0.15, 0.2) is 11.6 Å². The molecule has 1 aromatic heterocycles. The van der Waals surface area contributed by atoms with Gasteiger partial charge in [0.25, 0.3) is 5.92 Å². The lowest BCUT2D eigenvalue weighted by Gasteiger charge is -2.42. The van der Waals surface area contributed by atoms with E-state index in [1.54, 1.807) is 6.92 Å². The summed E-state index contributed by atoms with van der Waals surface area (Å²) in [5.41, 5.74) is 6.38. The monoisotopic (exact) mass is 424 g/mol. The van der Waals surface area contributed by atoms with Crippen LogP contribution in [0.2, 0.25) is 0 Å². The number of pyridine rings is 1. The van der Waals surface area contributed by atoms with Gasteiger partial charge in [0.1, 0.15) is 5.82 Å². The second-order valence-corrected chi connectivity index (χ2v) is 7.39. The van der Waals surface area contributed by atoms with E-state index in [4.69, 9.17) is 5.73 Å². The molecule has 2 amide bonds. The maximum Gasteiger partial charge on any atom is 0.313 e. The smallest absolute Gasteiger partial charge is 0.313 e. The van der Waals surface area contributed by atoms with Crippen LogP contribution in [0.4, 0.5) is 29.1 Å². The minimum atomic E-state index is -3.15. The Morgan fingerprint density at radius 1 is 1.23 bits per heavy atom. The molecular formula is C20H20F4N4O2. The fraction of sp³-hybridized carbons (Fsp3) is 0.350. The van der Waals surface area contributed by atoms with Crippen LogP contribution in [-0.2, 0) is 9.59 Å². The average Bonchev–Trinajstić information content (AvgIpc) is 2.68. The topological polar surface area (TPSA) is 88.3 Å². The Hall–Kier alpha value is -3.17. The van der Waals surface area contributed by atoms with E-state index in [0.29, 0.717) is 5.56 Å². The SMILES string of the molecule is Cc1cc(NC(=O)C(=O)N2C[C@H](C)C(F)(F)C[C@H]2c2ccc(F)c(F)c2)cnc1N. The average molecular weight is 424 g/mol. The van der Waals surface area contributed by atoms with Crippen LogP contribution in [0.25, 0.3) is 0 Å². The van der Waals surface area contributed by atoms with Crippen molar-refractivity contribution in [1.82, 2.24) is 9.88 Å². The summed E-state index contributed by atoms with van der Waals surface area (Å²) < 4.78 is 55.7. The Labute approximate surface area is 170 Å². The predicted molar refractivity (Wildman–Crippen MR) is 102 cm³/mol. The quantitative estimate of drug-likeness (QED) is 0.571. The maximum absolute atomic E-state index is 14.4. The van der Waals surface area contributed by atoms with Crippen LogP contribution in [0.15, 0.2) is 30.5 Å². The molecule has 1 aliphatic rings. The number of rotatable bonds is 2. The first-order chi connectivity index (χ1) is 14.0. The molecule has 2 aromatic rings. The summed E-state index contributed by atoms with van der Waals surface area (Å²) >= 11 is 0. The molecule has 1 fully saturated rings. The van der Waals surface area contributed by atoms with E-state index >= 15 is 0 Å². The van der Waals surface area contributed by atoms with Crippen molar-refractivity contribution in [3.63, 3.8) is 0 Å². The minimum Gasteiger partial charge on any atom is -0.383 e. The van der Waals surface area contributed by atoms with Gasteiger partial charge in [-0.15, -0.1) is 0 Å². The molecule has 6 nitrogen and oxygen atoms in total. The van der Waals surface area contributed by atoms with Gasteiger partial charge in [0.05, 0.1) is 17.9 Å². The summed E-state index contributed by atoms with van der Waals surface area (Å²) in [7, 11) is 0. The highest BCUT2D eigenvalue weighted by Crippen LogP contribution is 2.43. The Morgan fingerprint density at radius 2 is 1.93 bits per heavy atom. The summed E-state index contributed by atoms with van der Waals surface area (Å²) in [5.74, 6) is -8.62. The Balaban J connectivity index is 1.88. The van der Waals surface area contributed by atoms with Gasteiger partial charge in [-0.05, 0) is 36.2 Å². The number of benzene rings is 1. The van der Waals surface area contributed by atoms with Gasteiger partial charge < -0.3 is 16.0 Å². The highest BCUT2D eigenvalue weighted by atomic mass is 19.3. The number of alkyl halides is 2. The second-order valence-electron chi connectivity index (χ2n) is 7.39. The highest BCUT2D eigenvalue weighted by Gasteiger charge is 2.48. The zero-order valence-corrected chi connectivity index (χ0v) is 16.3. The van der Waals surface area contributed by atoms with Crippen LogP contribution in [0.5, 0.6) is 0 Å². The van der Waals surface area contributed by atoms with E-state index in [9.17, 15) is 27.2 Å². The number of hydrogen-bond acceptors (Lipinski definition) is 4. The molecule has 160 valence electrons. The molecule has 3 rings (SSSR count). The van der Waals surface area contributed by atoms with Crippen molar-refractivity contribution in [3.8, 4) is 0 Å². The highest BCUT2D eigenvalue weighted by molar-refractivity contribution is 6.39. The predicted octanol–water partition coefficient (Wildman–Crippen LogP) is 3.43. The fourth-order valence-electron chi connectivity index (χ4n) is 3.34. The number of likely N-dealkylation sites (tertiary alicyclic amines) is 1. The standard InChI is InChI=1S/C20H20F4N4O2/c1-10-5-13(8-26-17(10)25)27-18(29)19(30)28-9-11(2)20(23,24)7-16(28)12-3-4-14(21)15(22)6-12/h3-6,8,11,16H,7,9H2,1-2H3,(H2,25,26)(H,27,29)/t11-,16-/m0/s1. The lowest BCUT2D eigenvalue weighted by Crippen LogP contribution is -2.52. The summed E-state index contributed by atoms with van der Waals surface area (Å²) in [4.78, 5) is 30.1. The summed E-state index contributed by atoms with van der Waals surface area (Å²) in [6.45, 7) is 2.49. The number of nitrogen functional groups attached to an aromatic ring is 1. The normalized spacial score (nSPS) is 20.7. The molecule has 0 saturated carbocycles. The molecule has 0 unspecified atom stereocenters. The van der Waals surface area contributed by atoms with Crippen LogP contribution in [0.3, 0.4) is 0 Å². The summed E-state index contributed by atoms with van der Waals surface area (Å²) in [6.07, 6.45) is 0.439. The van der Waals surface area contributed by atoms with Gasteiger partial charge in [0.2, 0.25) is 0 Å². The number of aromatic nitrogens is 1. The van der Waals surface area contributed by atoms with Crippen LogP contribution < -0.4 is 11.1 Å². The van der Waals surface area contributed by atoms with Crippen LogP contribution >= 0.6 is 0 Å². The van der Waals surface area contributed by atoms with E-state index in [0.717, 1.165) is 23.1 Å². The Bertz CT molecular complexity index is 999. The van der Waals surface area contributed by atoms with Crippen LogP contribution in [0, 0.1) is 24.5 Å². The van der Waals surface area contributed by atoms with Crippen molar-refractivity contribution >= 4 is 23.3 Å². The molecular weight excluding hydrogens is 404 g/mol. The van der Waals surface area contributed by atoms with Gasteiger partial charge in [-0.2, -0.15) is 0 Å². The van der Waals surface area contributed by atoms with Crippen molar-refractivity contribution in [3.05, 3.63) is 53.2 Å². The second kappa shape index (κ2) is 7.92. The number of piperidine rings is 1. The van der Waals surface area contributed by atoms with Crippen molar-refractivity contribution in [1.29, 1.82) is 0 Å². The van der Waals surface area contributed by atoms with Gasteiger partial charge >= 0.3 is 11.8 Å². The number of nitrogens with one attached hydrogen (secondary N) is 1. The van der Waals surface area contributed by atoms with Gasteiger partial charge in [-0.3, -0.25) is 9.59 Å². The number of hydrogen-bond donors (Lipinski definition) is 2. The molecule has 3 N–H and O–H groups in total. The molecule has 30 heavy (non-hydrogen) atoms. The molecule has 2 heterocycles. The first-order valence-corrected chi connectivity index (χ1v) is 9.16. The third-order valence-corrected chi connectivity index (χ3v) is 5.19. The molecule has 0 spiro atoms. The van der Waals surface area contributed by atoms with E-state index < -0.39 is 54.3 Å². The molecule has 0 aliphatic carbocycles. The molecule has 1 aliphatic heterocycles. The van der Waals surface area contributed by atoms with E-state index in [1.165, 1.54) is 19.2 Å². The third-order valence-electron chi connectivity index (χ3n) is 5.19. The first kappa shape index (κ1) is 21.5. The van der Waals surface area contributed by atoms with E-state index in [1.807, 2.05) is 0 Å². The number of nitrogens with zero attached hydrogens (tertiary/aromatic N) is 2. The third kappa shape index (κ3) is 4.22. The van der Waals surface area contributed by atoms with Crippen molar-refractivity contribution < 1.29 is 27.2 Å². The zero-order valence-electron chi connectivity index (χ0n) is 16.3. The largest absolute Gasteiger partial charge is 0.383 e. The summed E-state index contributed by atoms with van der Waals surface area (Å²) in [6, 6.07) is 2.90. The van der Waals surface area contributed by atoms with E-state index in [2.05, 4.69) is 10.3 Å². The van der Waals surface area contributed by atoms with Crippen LogP contribution in [-0.4, -0.2) is 34.2 Å². The molecule has 10 heteroatoms.